The summed E-state index contributed by atoms with van der Waals surface area (Å²) in [6, 6.07) is 0.879. The summed E-state index contributed by atoms with van der Waals surface area (Å²) < 4.78 is 5.24. The van der Waals surface area contributed by atoms with Crippen LogP contribution in [0.5, 0.6) is 0 Å². The standard InChI is InChI=1S/C12H23NO2/c1-8(2)15-12(14)11(5)13-9(3)6-7-10(13)4/h8-11H,6-7H2,1-5H3. The molecule has 1 rings (SSSR count). The Hall–Kier alpha value is -0.570. The summed E-state index contributed by atoms with van der Waals surface area (Å²) in [5, 5.41) is 0. The monoisotopic (exact) mass is 213 g/mol. The number of esters is 1. The van der Waals surface area contributed by atoms with Crippen molar-refractivity contribution in [2.75, 3.05) is 0 Å². The molecule has 1 aliphatic heterocycles. The fourth-order valence-corrected chi connectivity index (χ4v) is 2.43. The molecule has 3 heteroatoms. The molecule has 0 aliphatic carbocycles. The summed E-state index contributed by atoms with van der Waals surface area (Å²) in [5.74, 6) is -0.0920. The lowest BCUT2D eigenvalue weighted by atomic mass is 10.2. The first-order chi connectivity index (χ1) is 6.93. The van der Waals surface area contributed by atoms with Crippen LogP contribution >= 0.6 is 0 Å². The Morgan fingerprint density at radius 3 is 2.07 bits per heavy atom. The van der Waals surface area contributed by atoms with E-state index in [-0.39, 0.29) is 18.1 Å². The highest BCUT2D eigenvalue weighted by Gasteiger charge is 2.35. The number of hydrogen-bond acceptors (Lipinski definition) is 3. The molecule has 1 heterocycles. The molecule has 1 saturated heterocycles. The zero-order valence-corrected chi connectivity index (χ0v) is 10.5. The maximum absolute atomic E-state index is 11.8. The Balaban J connectivity index is 2.58. The van der Waals surface area contributed by atoms with E-state index in [1.165, 1.54) is 12.8 Å². The summed E-state index contributed by atoms with van der Waals surface area (Å²) in [7, 11) is 0. The van der Waals surface area contributed by atoms with Crippen molar-refractivity contribution in [1.29, 1.82) is 0 Å². The van der Waals surface area contributed by atoms with Crippen molar-refractivity contribution >= 4 is 5.97 Å². The van der Waals surface area contributed by atoms with Gasteiger partial charge in [0.2, 0.25) is 0 Å². The third-order valence-electron chi connectivity index (χ3n) is 3.16. The zero-order chi connectivity index (χ0) is 11.6. The maximum atomic E-state index is 11.8. The van der Waals surface area contributed by atoms with Crippen LogP contribution < -0.4 is 0 Å². The smallest absolute Gasteiger partial charge is 0.323 e. The van der Waals surface area contributed by atoms with Crippen LogP contribution in [0.15, 0.2) is 0 Å². The van der Waals surface area contributed by atoms with Gasteiger partial charge in [0.25, 0.3) is 0 Å². The number of likely N-dealkylation sites (tertiary alicyclic amines) is 1. The normalized spacial score (nSPS) is 29.5. The van der Waals surface area contributed by atoms with Gasteiger partial charge in [-0.2, -0.15) is 0 Å². The number of hydrogen-bond donors (Lipinski definition) is 0. The van der Waals surface area contributed by atoms with Gasteiger partial charge < -0.3 is 4.74 Å². The van der Waals surface area contributed by atoms with Gasteiger partial charge in [0.05, 0.1) is 6.10 Å². The fraction of sp³-hybridized carbons (Fsp3) is 0.917. The molecule has 1 aliphatic rings. The molecule has 15 heavy (non-hydrogen) atoms. The van der Waals surface area contributed by atoms with E-state index in [0.29, 0.717) is 12.1 Å². The van der Waals surface area contributed by atoms with Crippen LogP contribution in [0.25, 0.3) is 0 Å². The number of nitrogens with zero attached hydrogens (tertiary/aromatic N) is 1. The van der Waals surface area contributed by atoms with Gasteiger partial charge >= 0.3 is 5.97 Å². The molecule has 0 aromatic carbocycles. The van der Waals surface area contributed by atoms with E-state index in [9.17, 15) is 4.79 Å². The first kappa shape index (κ1) is 12.5. The van der Waals surface area contributed by atoms with Crippen molar-refractivity contribution in [3.05, 3.63) is 0 Å². The Morgan fingerprint density at radius 2 is 1.67 bits per heavy atom. The lowest BCUT2D eigenvalue weighted by Gasteiger charge is -2.31. The summed E-state index contributed by atoms with van der Waals surface area (Å²) in [5.41, 5.74) is 0. The molecule has 0 spiro atoms. The highest BCUT2D eigenvalue weighted by atomic mass is 16.5. The van der Waals surface area contributed by atoms with Gasteiger partial charge in [0.1, 0.15) is 6.04 Å². The minimum absolute atomic E-state index is 0.0202. The highest BCUT2D eigenvalue weighted by molar-refractivity contribution is 5.75. The average molecular weight is 213 g/mol. The van der Waals surface area contributed by atoms with Crippen molar-refractivity contribution < 1.29 is 9.53 Å². The number of ether oxygens (including phenoxy) is 1. The molecule has 3 unspecified atom stereocenters. The van der Waals surface area contributed by atoms with Crippen molar-refractivity contribution in [3.8, 4) is 0 Å². The van der Waals surface area contributed by atoms with Gasteiger partial charge in [-0.1, -0.05) is 0 Å². The second-order valence-electron chi connectivity index (χ2n) is 4.88. The van der Waals surface area contributed by atoms with E-state index in [1.807, 2.05) is 20.8 Å². The largest absolute Gasteiger partial charge is 0.462 e. The maximum Gasteiger partial charge on any atom is 0.323 e. The van der Waals surface area contributed by atoms with Crippen LogP contribution in [-0.2, 0) is 9.53 Å². The Bertz CT molecular complexity index is 218. The first-order valence-corrected chi connectivity index (χ1v) is 5.91. The minimum Gasteiger partial charge on any atom is -0.462 e. The molecule has 1 fully saturated rings. The van der Waals surface area contributed by atoms with Gasteiger partial charge in [-0.25, -0.2) is 0 Å². The van der Waals surface area contributed by atoms with Crippen molar-refractivity contribution in [2.45, 2.75) is 71.7 Å². The van der Waals surface area contributed by atoms with E-state index in [0.717, 1.165) is 0 Å². The van der Waals surface area contributed by atoms with Crippen LogP contribution in [0, 0.1) is 0 Å². The van der Waals surface area contributed by atoms with Crippen LogP contribution in [0.4, 0.5) is 0 Å². The zero-order valence-electron chi connectivity index (χ0n) is 10.5. The molecular formula is C12H23NO2. The van der Waals surface area contributed by atoms with Crippen LogP contribution in [0.1, 0.15) is 47.5 Å². The summed E-state index contributed by atoms with van der Waals surface area (Å²) >= 11 is 0. The van der Waals surface area contributed by atoms with Crippen LogP contribution in [0.3, 0.4) is 0 Å². The number of carbonyl (C=O) groups is 1. The predicted molar refractivity (Wildman–Crippen MR) is 60.7 cm³/mol. The van der Waals surface area contributed by atoms with Gasteiger partial charge in [0, 0.05) is 12.1 Å². The molecule has 0 radical (unpaired) electrons. The average Bonchev–Trinajstić information content (AvgIpc) is 2.44. The van der Waals surface area contributed by atoms with Gasteiger partial charge in [-0.05, 0) is 47.5 Å². The Morgan fingerprint density at radius 1 is 1.20 bits per heavy atom. The van der Waals surface area contributed by atoms with E-state index < -0.39 is 0 Å². The third-order valence-corrected chi connectivity index (χ3v) is 3.16. The lowest BCUT2D eigenvalue weighted by Crippen LogP contribution is -2.45. The Kier molecular flexibility index (Phi) is 4.14. The SMILES string of the molecule is CC(C)OC(=O)C(C)N1C(C)CCC1C. The highest BCUT2D eigenvalue weighted by Crippen LogP contribution is 2.26. The molecule has 88 valence electrons. The second kappa shape index (κ2) is 4.97. The van der Waals surface area contributed by atoms with Crippen LogP contribution in [0.2, 0.25) is 0 Å². The quantitative estimate of drug-likeness (QED) is 0.673. The first-order valence-electron chi connectivity index (χ1n) is 5.91. The minimum atomic E-state index is -0.111. The molecule has 0 aromatic rings. The number of rotatable bonds is 3. The van der Waals surface area contributed by atoms with E-state index in [1.54, 1.807) is 0 Å². The van der Waals surface area contributed by atoms with Crippen molar-refractivity contribution in [3.63, 3.8) is 0 Å². The van der Waals surface area contributed by atoms with Gasteiger partial charge in [-0.3, -0.25) is 9.69 Å². The van der Waals surface area contributed by atoms with E-state index in [2.05, 4.69) is 18.7 Å². The summed E-state index contributed by atoms with van der Waals surface area (Å²) in [4.78, 5) is 14.0. The summed E-state index contributed by atoms with van der Waals surface area (Å²) in [6.07, 6.45) is 2.34. The molecule has 0 amide bonds. The predicted octanol–water partition coefficient (Wildman–Crippen LogP) is 2.20. The number of carbonyl (C=O) groups excluding carboxylic acids is 1. The molecular weight excluding hydrogens is 190 g/mol. The van der Waals surface area contributed by atoms with Gasteiger partial charge in [0.15, 0.2) is 0 Å². The second-order valence-corrected chi connectivity index (χ2v) is 4.88. The molecule has 0 aromatic heterocycles. The van der Waals surface area contributed by atoms with Crippen molar-refractivity contribution in [1.82, 2.24) is 4.90 Å². The Labute approximate surface area is 92.8 Å². The topological polar surface area (TPSA) is 29.5 Å². The fourth-order valence-electron chi connectivity index (χ4n) is 2.43. The third kappa shape index (κ3) is 2.94. The van der Waals surface area contributed by atoms with E-state index in [4.69, 9.17) is 4.74 Å². The molecule has 3 atom stereocenters. The molecule has 3 nitrogen and oxygen atoms in total. The van der Waals surface area contributed by atoms with Gasteiger partial charge in [-0.15, -0.1) is 0 Å². The molecule has 0 saturated carbocycles. The molecule has 0 N–H and O–H groups in total. The van der Waals surface area contributed by atoms with Crippen LogP contribution in [-0.4, -0.2) is 35.1 Å². The lowest BCUT2D eigenvalue weighted by molar-refractivity contribution is -0.154. The van der Waals surface area contributed by atoms with E-state index >= 15 is 0 Å². The summed E-state index contributed by atoms with van der Waals surface area (Å²) in [6.45, 7) is 10.1. The molecule has 0 bridgehead atoms. The van der Waals surface area contributed by atoms with Crippen molar-refractivity contribution in [2.24, 2.45) is 0 Å².